The van der Waals surface area contributed by atoms with Crippen molar-refractivity contribution in [2.24, 2.45) is 0 Å². The maximum atomic E-state index is 5.91. The molecule has 0 aliphatic carbocycles. The van der Waals surface area contributed by atoms with E-state index in [-0.39, 0.29) is 0 Å². The highest BCUT2D eigenvalue weighted by molar-refractivity contribution is 5.33. The number of benzene rings is 2. The summed E-state index contributed by atoms with van der Waals surface area (Å²) in [5.41, 5.74) is 2.43. The molecule has 0 bridgehead atoms. The van der Waals surface area contributed by atoms with Crippen molar-refractivity contribution in [3.8, 4) is 5.75 Å². The largest absolute Gasteiger partial charge is 0.489 e. The standard InChI is InChI=1S/C17H20O2/c1-18-13-7-11-16-10-5-6-12-17(16)19-14-15-8-3-2-4-9-15/h2-6,8-10,12H,7,11,13-14H2,1H3. The van der Waals surface area contributed by atoms with Gasteiger partial charge < -0.3 is 9.47 Å². The van der Waals surface area contributed by atoms with Crippen LogP contribution in [0.25, 0.3) is 0 Å². The average Bonchev–Trinajstić information content (AvgIpc) is 2.48. The third-order valence-corrected chi connectivity index (χ3v) is 3.00. The summed E-state index contributed by atoms with van der Waals surface area (Å²) in [6, 6.07) is 18.5. The van der Waals surface area contributed by atoms with Gasteiger partial charge in [0.1, 0.15) is 12.4 Å². The summed E-state index contributed by atoms with van der Waals surface area (Å²) in [6.45, 7) is 1.40. The Kier molecular flexibility index (Phi) is 5.45. The van der Waals surface area contributed by atoms with Gasteiger partial charge in [-0.25, -0.2) is 0 Å². The zero-order chi connectivity index (χ0) is 13.3. The lowest BCUT2D eigenvalue weighted by atomic mass is 10.1. The van der Waals surface area contributed by atoms with Crippen LogP contribution in [0.1, 0.15) is 17.5 Å². The molecule has 2 heteroatoms. The first-order chi connectivity index (χ1) is 9.40. The number of aryl methyl sites for hydroxylation is 1. The molecular formula is C17H20O2. The molecule has 2 nitrogen and oxygen atoms in total. The van der Waals surface area contributed by atoms with E-state index in [1.807, 2.05) is 30.3 Å². The predicted octanol–water partition coefficient (Wildman–Crippen LogP) is 3.84. The lowest BCUT2D eigenvalue weighted by Gasteiger charge is -2.11. The molecule has 0 aliphatic rings. The van der Waals surface area contributed by atoms with E-state index >= 15 is 0 Å². The number of hydrogen-bond donors (Lipinski definition) is 0. The molecule has 0 saturated carbocycles. The highest BCUT2D eigenvalue weighted by Gasteiger charge is 2.03. The van der Waals surface area contributed by atoms with Crippen molar-refractivity contribution in [1.82, 2.24) is 0 Å². The monoisotopic (exact) mass is 256 g/mol. The molecule has 2 aromatic carbocycles. The molecule has 0 atom stereocenters. The molecule has 0 unspecified atom stereocenters. The van der Waals surface area contributed by atoms with E-state index in [4.69, 9.17) is 9.47 Å². The van der Waals surface area contributed by atoms with Crippen LogP contribution in [0.15, 0.2) is 54.6 Å². The van der Waals surface area contributed by atoms with E-state index in [2.05, 4.69) is 24.3 Å². The van der Waals surface area contributed by atoms with Crippen molar-refractivity contribution >= 4 is 0 Å². The fraction of sp³-hybridized carbons (Fsp3) is 0.294. The lowest BCUT2D eigenvalue weighted by molar-refractivity contribution is 0.194. The van der Waals surface area contributed by atoms with Crippen LogP contribution in [0, 0.1) is 0 Å². The van der Waals surface area contributed by atoms with Crippen LogP contribution in [-0.2, 0) is 17.8 Å². The van der Waals surface area contributed by atoms with Crippen LogP contribution in [0.2, 0.25) is 0 Å². The third-order valence-electron chi connectivity index (χ3n) is 3.00. The minimum atomic E-state index is 0.613. The second-order valence-electron chi connectivity index (χ2n) is 4.48. The van der Waals surface area contributed by atoms with Gasteiger partial charge in [-0.15, -0.1) is 0 Å². The molecule has 0 amide bonds. The summed E-state index contributed by atoms with van der Waals surface area (Å²) in [5, 5.41) is 0. The van der Waals surface area contributed by atoms with Crippen LogP contribution < -0.4 is 4.74 Å². The Morgan fingerprint density at radius 1 is 0.895 bits per heavy atom. The van der Waals surface area contributed by atoms with Gasteiger partial charge in [-0.2, -0.15) is 0 Å². The van der Waals surface area contributed by atoms with E-state index < -0.39 is 0 Å². The zero-order valence-corrected chi connectivity index (χ0v) is 11.3. The first kappa shape index (κ1) is 13.6. The summed E-state index contributed by atoms with van der Waals surface area (Å²) in [5.74, 6) is 0.974. The van der Waals surface area contributed by atoms with Crippen molar-refractivity contribution in [2.45, 2.75) is 19.4 Å². The van der Waals surface area contributed by atoms with Gasteiger partial charge in [0.05, 0.1) is 0 Å². The molecule has 0 heterocycles. The molecular weight excluding hydrogens is 236 g/mol. The van der Waals surface area contributed by atoms with Crippen molar-refractivity contribution in [3.05, 3.63) is 65.7 Å². The molecule has 0 aromatic heterocycles. The van der Waals surface area contributed by atoms with Gasteiger partial charge in [0.25, 0.3) is 0 Å². The topological polar surface area (TPSA) is 18.5 Å². The van der Waals surface area contributed by atoms with Crippen molar-refractivity contribution < 1.29 is 9.47 Å². The Hall–Kier alpha value is -1.80. The first-order valence-corrected chi connectivity index (χ1v) is 6.63. The number of hydrogen-bond acceptors (Lipinski definition) is 2. The third kappa shape index (κ3) is 4.42. The first-order valence-electron chi connectivity index (χ1n) is 6.63. The van der Waals surface area contributed by atoms with E-state index in [1.54, 1.807) is 7.11 Å². The van der Waals surface area contributed by atoms with Gasteiger partial charge in [-0.1, -0.05) is 48.5 Å². The van der Waals surface area contributed by atoms with Gasteiger partial charge in [0, 0.05) is 13.7 Å². The maximum Gasteiger partial charge on any atom is 0.122 e. The molecule has 19 heavy (non-hydrogen) atoms. The number of rotatable bonds is 7. The Bertz CT molecular complexity index is 480. The summed E-state index contributed by atoms with van der Waals surface area (Å²) in [4.78, 5) is 0. The van der Waals surface area contributed by atoms with Gasteiger partial charge in [-0.05, 0) is 30.0 Å². The van der Waals surface area contributed by atoms with Crippen molar-refractivity contribution in [1.29, 1.82) is 0 Å². The smallest absolute Gasteiger partial charge is 0.122 e. The normalized spacial score (nSPS) is 10.4. The van der Waals surface area contributed by atoms with Crippen LogP contribution in [0.5, 0.6) is 5.75 Å². The fourth-order valence-electron chi connectivity index (χ4n) is 1.99. The Labute approximate surface area is 115 Å². The Balaban J connectivity index is 1.95. The Morgan fingerprint density at radius 3 is 2.42 bits per heavy atom. The molecule has 0 saturated heterocycles. The Morgan fingerprint density at radius 2 is 1.63 bits per heavy atom. The van der Waals surface area contributed by atoms with E-state index in [0.717, 1.165) is 25.2 Å². The number of methoxy groups -OCH3 is 1. The zero-order valence-electron chi connectivity index (χ0n) is 11.3. The molecule has 2 aromatic rings. The lowest BCUT2D eigenvalue weighted by Crippen LogP contribution is -2.00. The van der Waals surface area contributed by atoms with Crippen LogP contribution >= 0.6 is 0 Å². The molecule has 0 spiro atoms. The fourth-order valence-corrected chi connectivity index (χ4v) is 1.99. The highest BCUT2D eigenvalue weighted by atomic mass is 16.5. The van der Waals surface area contributed by atoms with E-state index in [0.29, 0.717) is 6.61 Å². The summed E-state index contributed by atoms with van der Waals surface area (Å²) in [7, 11) is 1.73. The SMILES string of the molecule is COCCCc1ccccc1OCc1ccccc1. The molecule has 0 radical (unpaired) electrons. The minimum absolute atomic E-state index is 0.613. The van der Waals surface area contributed by atoms with Gasteiger partial charge in [0.15, 0.2) is 0 Å². The molecule has 100 valence electrons. The van der Waals surface area contributed by atoms with Gasteiger partial charge >= 0.3 is 0 Å². The second-order valence-corrected chi connectivity index (χ2v) is 4.48. The molecule has 0 N–H and O–H groups in total. The van der Waals surface area contributed by atoms with Gasteiger partial charge in [0.2, 0.25) is 0 Å². The van der Waals surface area contributed by atoms with E-state index in [1.165, 1.54) is 11.1 Å². The summed E-state index contributed by atoms with van der Waals surface area (Å²) < 4.78 is 11.0. The summed E-state index contributed by atoms with van der Waals surface area (Å²) >= 11 is 0. The van der Waals surface area contributed by atoms with E-state index in [9.17, 15) is 0 Å². The number of ether oxygens (including phenoxy) is 2. The molecule has 0 fully saturated rings. The molecule has 2 rings (SSSR count). The average molecular weight is 256 g/mol. The predicted molar refractivity (Wildman–Crippen MR) is 77.4 cm³/mol. The van der Waals surface area contributed by atoms with Crippen LogP contribution in [0.3, 0.4) is 0 Å². The highest BCUT2D eigenvalue weighted by Crippen LogP contribution is 2.20. The van der Waals surface area contributed by atoms with Gasteiger partial charge in [-0.3, -0.25) is 0 Å². The molecule has 0 aliphatic heterocycles. The van der Waals surface area contributed by atoms with Crippen LogP contribution in [0.4, 0.5) is 0 Å². The quantitative estimate of drug-likeness (QED) is 0.701. The summed E-state index contributed by atoms with van der Waals surface area (Å²) in [6.07, 6.45) is 2.00. The maximum absolute atomic E-state index is 5.91. The second kappa shape index (κ2) is 7.59. The van der Waals surface area contributed by atoms with Crippen molar-refractivity contribution in [3.63, 3.8) is 0 Å². The number of para-hydroxylation sites is 1. The van der Waals surface area contributed by atoms with Crippen LogP contribution in [-0.4, -0.2) is 13.7 Å². The minimum Gasteiger partial charge on any atom is -0.489 e. The van der Waals surface area contributed by atoms with Crippen molar-refractivity contribution in [2.75, 3.05) is 13.7 Å².